The lowest BCUT2D eigenvalue weighted by molar-refractivity contribution is -0.168. The Hall–Kier alpha value is -1.48. The number of carbonyl (C=O) groups is 1. The van der Waals surface area contributed by atoms with Gasteiger partial charge in [-0.15, -0.1) is 0 Å². The van der Waals surface area contributed by atoms with Gasteiger partial charge in [0.2, 0.25) is 14.7 Å². The maximum absolute atomic E-state index is 12.6. The fourth-order valence-electron chi connectivity index (χ4n) is 2.33. The van der Waals surface area contributed by atoms with Gasteiger partial charge in [0.1, 0.15) is 0 Å². The third-order valence-electron chi connectivity index (χ3n) is 3.46. The molecule has 7 nitrogen and oxygen atoms in total. The Labute approximate surface area is 116 Å². The summed E-state index contributed by atoms with van der Waals surface area (Å²) in [6.45, 7) is -0.186. The van der Waals surface area contributed by atoms with Crippen LogP contribution in [-0.4, -0.2) is 54.4 Å². The van der Waals surface area contributed by atoms with Crippen LogP contribution in [0.2, 0.25) is 0 Å². The first-order valence-corrected chi connectivity index (χ1v) is 7.37. The summed E-state index contributed by atoms with van der Waals surface area (Å²) >= 11 is 0. The van der Waals surface area contributed by atoms with Crippen molar-refractivity contribution in [3.63, 3.8) is 0 Å². The van der Waals surface area contributed by atoms with E-state index in [2.05, 4.69) is 0 Å². The van der Waals surface area contributed by atoms with Crippen LogP contribution in [0.4, 0.5) is 0 Å². The van der Waals surface area contributed by atoms with E-state index in [-0.39, 0.29) is 17.9 Å². The van der Waals surface area contributed by atoms with Gasteiger partial charge in [-0.2, -0.15) is 5.06 Å². The van der Waals surface area contributed by atoms with E-state index in [1.807, 2.05) is 0 Å². The summed E-state index contributed by atoms with van der Waals surface area (Å²) in [5.74, 6) is -1.62. The third kappa shape index (κ3) is 2.01. The van der Waals surface area contributed by atoms with Crippen molar-refractivity contribution in [1.82, 2.24) is 5.06 Å². The molecular formula is C12H15NO6S. The van der Waals surface area contributed by atoms with Crippen molar-refractivity contribution < 1.29 is 28.3 Å². The summed E-state index contributed by atoms with van der Waals surface area (Å²) in [5, 5.41) is 19.6. The second-order valence-corrected chi connectivity index (χ2v) is 6.70. The zero-order valence-electron chi connectivity index (χ0n) is 10.8. The molecule has 110 valence electrons. The summed E-state index contributed by atoms with van der Waals surface area (Å²) < 4.78 is 30.3. The average Bonchev–Trinajstić information content (AvgIpc) is 2.78. The van der Waals surface area contributed by atoms with Crippen molar-refractivity contribution in [3.8, 4) is 0 Å². The fraction of sp³-hybridized carbons (Fsp3) is 0.417. The maximum atomic E-state index is 12.6. The summed E-state index contributed by atoms with van der Waals surface area (Å²) in [5.41, 5.74) is 0. The Balaban J connectivity index is 2.58. The Morgan fingerprint density at radius 2 is 2.00 bits per heavy atom. The van der Waals surface area contributed by atoms with Crippen LogP contribution in [-0.2, 0) is 19.4 Å². The van der Waals surface area contributed by atoms with Gasteiger partial charge >= 0.3 is 5.97 Å². The van der Waals surface area contributed by atoms with E-state index in [0.29, 0.717) is 5.06 Å². The number of hydrogen-bond acceptors (Lipinski definition) is 6. The molecule has 1 aromatic rings. The Morgan fingerprint density at radius 1 is 1.40 bits per heavy atom. The van der Waals surface area contributed by atoms with Crippen molar-refractivity contribution in [2.24, 2.45) is 0 Å². The number of sulfone groups is 1. The fourth-order valence-corrected chi connectivity index (χ4v) is 4.22. The molecular weight excluding hydrogens is 286 g/mol. The number of nitrogens with zero attached hydrogens (tertiary/aromatic N) is 1. The second-order valence-electron chi connectivity index (χ2n) is 4.55. The molecule has 0 saturated carbocycles. The lowest BCUT2D eigenvalue weighted by Crippen LogP contribution is -2.55. The smallest absolute Gasteiger partial charge is 0.342 e. The Morgan fingerprint density at radius 3 is 2.45 bits per heavy atom. The van der Waals surface area contributed by atoms with E-state index < -0.39 is 26.8 Å². The van der Waals surface area contributed by atoms with Crippen molar-refractivity contribution in [3.05, 3.63) is 30.3 Å². The number of hydrogen-bond donors (Lipinski definition) is 2. The van der Waals surface area contributed by atoms with Gasteiger partial charge in [0.15, 0.2) is 0 Å². The zero-order chi connectivity index (χ0) is 15.0. The number of hydroxylamine groups is 2. The molecule has 0 aliphatic carbocycles. The normalized spacial score (nSPS) is 27.6. The highest BCUT2D eigenvalue weighted by molar-refractivity contribution is 7.93. The predicted octanol–water partition coefficient (Wildman–Crippen LogP) is 0.351. The number of aliphatic carboxylic acids is 1. The molecule has 0 radical (unpaired) electrons. The van der Waals surface area contributed by atoms with E-state index in [9.17, 15) is 23.5 Å². The SMILES string of the molecule is CO[C@@H]1CN(O)[C@@](C(=O)O)(S(=O)(=O)c2ccccc2)C1. The third-order valence-corrected chi connectivity index (χ3v) is 5.80. The van der Waals surface area contributed by atoms with Crippen LogP contribution in [0.25, 0.3) is 0 Å². The van der Waals surface area contributed by atoms with Gasteiger partial charge < -0.3 is 15.1 Å². The summed E-state index contributed by atoms with van der Waals surface area (Å²) in [6, 6.07) is 7.21. The molecule has 2 rings (SSSR count). The molecule has 2 atom stereocenters. The first kappa shape index (κ1) is 14.9. The number of benzene rings is 1. The molecule has 1 aliphatic rings. The molecule has 1 aliphatic heterocycles. The first-order valence-electron chi connectivity index (χ1n) is 5.88. The maximum Gasteiger partial charge on any atom is 0.342 e. The number of rotatable bonds is 4. The van der Waals surface area contributed by atoms with Crippen LogP contribution in [0.3, 0.4) is 0 Å². The summed E-state index contributed by atoms with van der Waals surface area (Å²) in [4.78, 5) is 9.00. The molecule has 20 heavy (non-hydrogen) atoms. The lowest BCUT2D eigenvalue weighted by Gasteiger charge is -2.29. The molecule has 2 N–H and O–H groups in total. The highest BCUT2D eigenvalue weighted by atomic mass is 32.2. The van der Waals surface area contributed by atoms with E-state index >= 15 is 0 Å². The number of methoxy groups -OCH3 is 1. The van der Waals surface area contributed by atoms with Crippen molar-refractivity contribution >= 4 is 15.8 Å². The Bertz CT molecular complexity index is 602. The van der Waals surface area contributed by atoms with Gasteiger partial charge in [0, 0.05) is 13.5 Å². The van der Waals surface area contributed by atoms with Gasteiger partial charge in [-0.1, -0.05) is 18.2 Å². The Kier molecular flexibility index (Phi) is 3.83. The molecule has 0 aromatic heterocycles. The first-order chi connectivity index (χ1) is 9.36. The van der Waals surface area contributed by atoms with Crippen LogP contribution < -0.4 is 0 Å². The summed E-state index contributed by atoms with van der Waals surface area (Å²) in [6.07, 6.45) is -1.01. The van der Waals surface area contributed by atoms with E-state index in [4.69, 9.17) is 4.74 Å². The summed E-state index contributed by atoms with van der Waals surface area (Å²) in [7, 11) is -2.96. The van der Waals surface area contributed by atoms with Crippen LogP contribution in [0.1, 0.15) is 6.42 Å². The minimum Gasteiger partial charge on any atom is -0.479 e. The van der Waals surface area contributed by atoms with Crippen molar-refractivity contribution in [2.45, 2.75) is 22.3 Å². The second kappa shape index (κ2) is 5.13. The van der Waals surface area contributed by atoms with Crippen LogP contribution >= 0.6 is 0 Å². The molecule has 0 unspecified atom stereocenters. The van der Waals surface area contributed by atoms with E-state index in [1.54, 1.807) is 6.07 Å². The zero-order valence-corrected chi connectivity index (χ0v) is 11.6. The molecule has 1 aromatic carbocycles. The van der Waals surface area contributed by atoms with Crippen molar-refractivity contribution in [1.29, 1.82) is 0 Å². The van der Waals surface area contributed by atoms with E-state index in [0.717, 1.165) is 0 Å². The van der Waals surface area contributed by atoms with Crippen LogP contribution in [0, 0.1) is 0 Å². The molecule has 1 fully saturated rings. The van der Waals surface area contributed by atoms with Crippen molar-refractivity contribution in [2.75, 3.05) is 13.7 Å². The monoisotopic (exact) mass is 301 g/mol. The minimum atomic E-state index is -4.30. The van der Waals surface area contributed by atoms with Gasteiger partial charge in [-0.25, -0.2) is 13.2 Å². The molecule has 1 saturated heterocycles. The molecule has 0 spiro atoms. The molecule has 0 bridgehead atoms. The molecule has 0 amide bonds. The predicted molar refractivity (Wildman–Crippen MR) is 67.9 cm³/mol. The topological polar surface area (TPSA) is 104 Å². The largest absolute Gasteiger partial charge is 0.479 e. The van der Waals surface area contributed by atoms with Gasteiger partial charge in [0.05, 0.1) is 17.5 Å². The van der Waals surface area contributed by atoms with Gasteiger partial charge in [-0.3, -0.25) is 0 Å². The quantitative estimate of drug-likeness (QED) is 0.827. The number of carboxylic acids is 1. The highest BCUT2D eigenvalue weighted by Crippen LogP contribution is 2.38. The molecule has 1 heterocycles. The highest BCUT2D eigenvalue weighted by Gasteiger charge is 2.62. The van der Waals surface area contributed by atoms with Gasteiger partial charge in [0.25, 0.3) is 0 Å². The standard InChI is InChI=1S/C12H15NO6S/c1-19-9-7-12(11(14)15,13(16)8-9)20(17,18)10-5-3-2-4-6-10/h2-6,9,16H,7-8H2,1H3,(H,14,15)/t9-,12+/m0/s1. The van der Waals surface area contributed by atoms with E-state index in [1.165, 1.54) is 31.4 Å². The van der Waals surface area contributed by atoms with Gasteiger partial charge in [-0.05, 0) is 12.1 Å². The lowest BCUT2D eigenvalue weighted by atomic mass is 10.2. The molecule has 8 heteroatoms. The average molecular weight is 301 g/mol. The van der Waals surface area contributed by atoms with Crippen LogP contribution in [0.5, 0.6) is 0 Å². The number of carboxylic acid groups (broad SMARTS) is 1. The number of ether oxygens (including phenoxy) is 1. The minimum absolute atomic E-state index is 0.154. The van der Waals surface area contributed by atoms with Crippen LogP contribution in [0.15, 0.2) is 35.2 Å².